The largest absolute Gasteiger partial charge is 0.467 e. The standard InChI is InChI=1S/C24H30O8/c1-17(25-11-23-13-27-23)29-15-31-21-7-3-19(4-8-21)20-5-9-22(10-6-20)32-16-30-18(2)26-12-24-14-28-24/h3-10,17-18,23-24H,11-16H2,1-2H3. The summed E-state index contributed by atoms with van der Waals surface area (Å²) in [5, 5.41) is 0. The van der Waals surface area contributed by atoms with Gasteiger partial charge in [0.1, 0.15) is 23.7 Å². The Bertz CT molecular complexity index is 732. The predicted molar refractivity (Wildman–Crippen MR) is 115 cm³/mol. The summed E-state index contributed by atoms with van der Waals surface area (Å²) in [5.41, 5.74) is 2.15. The van der Waals surface area contributed by atoms with E-state index in [0.29, 0.717) is 13.2 Å². The van der Waals surface area contributed by atoms with E-state index in [0.717, 1.165) is 35.8 Å². The van der Waals surface area contributed by atoms with E-state index in [-0.39, 0.29) is 38.4 Å². The maximum Gasteiger partial charge on any atom is 0.191 e. The molecular formula is C24H30O8. The molecular weight excluding hydrogens is 416 g/mol. The van der Waals surface area contributed by atoms with Crippen LogP contribution in [0, 0.1) is 0 Å². The fourth-order valence-corrected chi connectivity index (χ4v) is 2.79. The normalized spacial score (nSPS) is 21.1. The molecule has 4 atom stereocenters. The van der Waals surface area contributed by atoms with E-state index in [2.05, 4.69) is 0 Å². The Morgan fingerprint density at radius 3 is 1.38 bits per heavy atom. The molecule has 0 amide bonds. The number of rotatable bonds is 15. The second-order valence-corrected chi connectivity index (χ2v) is 7.62. The zero-order valence-corrected chi connectivity index (χ0v) is 18.4. The van der Waals surface area contributed by atoms with Crippen LogP contribution in [0.1, 0.15) is 13.8 Å². The van der Waals surface area contributed by atoms with E-state index in [4.69, 9.17) is 37.9 Å². The minimum Gasteiger partial charge on any atom is -0.467 e. The number of hydrogen-bond donors (Lipinski definition) is 0. The quantitative estimate of drug-likeness (QED) is 0.303. The number of benzene rings is 2. The van der Waals surface area contributed by atoms with Gasteiger partial charge in [-0.1, -0.05) is 24.3 Å². The average Bonchev–Trinajstić information content (AvgIpc) is 3.72. The molecule has 4 rings (SSSR count). The third-order valence-corrected chi connectivity index (χ3v) is 4.94. The Hall–Kier alpha value is -2.20. The fraction of sp³-hybridized carbons (Fsp3) is 0.500. The first kappa shape index (κ1) is 23.0. The minimum absolute atomic E-state index is 0.123. The highest BCUT2D eigenvalue weighted by atomic mass is 16.8. The van der Waals surface area contributed by atoms with Crippen LogP contribution in [0.4, 0.5) is 0 Å². The van der Waals surface area contributed by atoms with Crippen LogP contribution >= 0.6 is 0 Å². The Labute approximate surface area is 188 Å². The van der Waals surface area contributed by atoms with Crippen molar-refractivity contribution in [3.8, 4) is 22.6 Å². The van der Waals surface area contributed by atoms with Crippen LogP contribution in [0.5, 0.6) is 11.5 Å². The Kier molecular flexibility index (Phi) is 8.33. The molecule has 4 unspecified atom stereocenters. The van der Waals surface area contributed by atoms with Gasteiger partial charge < -0.3 is 37.9 Å². The first-order valence-corrected chi connectivity index (χ1v) is 10.8. The summed E-state index contributed by atoms with van der Waals surface area (Å²) < 4.78 is 43.4. The van der Waals surface area contributed by atoms with Gasteiger partial charge in [0, 0.05) is 0 Å². The van der Waals surface area contributed by atoms with Gasteiger partial charge in [-0.05, 0) is 49.2 Å². The van der Waals surface area contributed by atoms with E-state index >= 15 is 0 Å². The first-order chi connectivity index (χ1) is 15.7. The van der Waals surface area contributed by atoms with Crippen molar-refractivity contribution in [2.75, 3.05) is 40.0 Å². The molecule has 0 saturated carbocycles. The fourth-order valence-electron chi connectivity index (χ4n) is 2.79. The van der Waals surface area contributed by atoms with Gasteiger partial charge in [-0.15, -0.1) is 0 Å². The molecule has 32 heavy (non-hydrogen) atoms. The van der Waals surface area contributed by atoms with E-state index in [1.54, 1.807) is 0 Å². The SMILES string of the molecule is CC(OCOc1ccc(-c2ccc(OCOC(C)OCC3CO3)cc2)cc1)OCC1CO1. The highest BCUT2D eigenvalue weighted by molar-refractivity contribution is 5.64. The van der Waals surface area contributed by atoms with E-state index in [1.165, 1.54) is 0 Å². The maximum absolute atomic E-state index is 5.62. The molecule has 2 saturated heterocycles. The Balaban J connectivity index is 1.14. The summed E-state index contributed by atoms with van der Waals surface area (Å²) in [6.07, 6.45) is -0.228. The second-order valence-electron chi connectivity index (χ2n) is 7.62. The molecule has 0 N–H and O–H groups in total. The monoisotopic (exact) mass is 446 g/mol. The number of hydrogen-bond acceptors (Lipinski definition) is 8. The highest BCUT2D eigenvalue weighted by Crippen LogP contribution is 2.25. The number of epoxide rings is 2. The molecule has 2 aromatic rings. The van der Waals surface area contributed by atoms with Gasteiger partial charge >= 0.3 is 0 Å². The van der Waals surface area contributed by atoms with Crippen molar-refractivity contribution >= 4 is 0 Å². The van der Waals surface area contributed by atoms with Crippen molar-refractivity contribution in [2.45, 2.75) is 38.6 Å². The van der Waals surface area contributed by atoms with Crippen molar-refractivity contribution in [2.24, 2.45) is 0 Å². The minimum atomic E-state index is -0.335. The third kappa shape index (κ3) is 8.05. The van der Waals surface area contributed by atoms with Crippen molar-refractivity contribution in [3.05, 3.63) is 48.5 Å². The molecule has 0 aliphatic carbocycles. The molecule has 0 bridgehead atoms. The lowest BCUT2D eigenvalue weighted by molar-refractivity contribution is -0.166. The van der Waals surface area contributed by atoms with Crippen LogP contribution in [0.15, 0.2) is 48.5 Å². The molecule has 2 aliphatic rings. The van der Waals surface area contributed by atoms with Crippen molar-refractivity contribution < 1.29 is 37.9 Å². The molecule has 0 aromatic heterocycles. The maximum atomic E-state index is 5.62. The summed E-state index contributed by atoms with van der Waals surface area (Å²) >= 11 is 0. The van der Waals surface area contributed by atoms with E-state index < -0.39 is 0 Å². The van der Waals surface area contributed by atoms with Crippen LogP contribution in [-0.2, 0) is 28.4 Å². The van der Waals surface area contributed by atoms with Crippen LogP contribution in [0.3, 0.4) is 0 Å². The molecule has 0 radical (unpaired) electrons. The summed E-state index contributed by atoms with van der Waals surface area (Å²) in [7, 11) is 0. The lowest BCUT2D eigenvalue weighted by Crippen LogP contribution is -2.18. The van der Waals surface area contributed by atoms with Crippen LogP contribution in [-0.4, -0.2) is 64.8 Å². The molecule has 0 spiro atoms. The van der Waals surface area contributed by atoms with Crippen molar-refractivity contribution in [1.29, 1.82) is 0 Å². The lowest BCUT2D eigenvalue weighted by Gasteiger charge is -2.14. The van der Waals surface area contributed by atoms with Gasteiger partial charge in [0.25, 0.3) is 0 Å². The second kappa shape index (κ2) is 11.6. The zero-order valence-electron chi connectivity index (χ0n) is 18.4. The Morgan fingerprint density at radius 1 is 0.656 bits per heavy atom. The van der Waals surface area contributed by atoms with Crippen molar-refractivity contribution in [1.82, 2.24) is 0 Å². The van der Waals surface area contributed by atoms with Crippen LogP contribution < -0.4 is 9.47 Å². The molecule has 174 valence electrons. The summed E-state index contributed by atoms with van der Waals surface area (Å²) in [5.74, 6) is 1.46. The molecule has 2 aromatic carbocycles. The van der Waals surface area contributed by atoms with Gasteiger partial charge in [0.2, 0.25) is 0 Å². The molecule has 8 nitrogen and oxygen atoms in total. The highest BCUT2D eigenvalue weighted by Gasteiger charge is 2.24. The first-order valence-electron chi connectivity index (χ1n) is 10.8. The van der Waals surface area contributed by atoms with Gasteiger partial charge in [-0.25, -0.2) is 0 Å². The third-order valence-electron chi connectivity index (χ3n) is 4.94. The molecule has 2 fully saturated rings. The molecule has 8 heteroatoms. The Morgan fingerprint density at radius 2 is 1.03 bits per heavy atom. The van der Waals surface area contributed by atoms with Crippen LogP contribution in [0.25, 0.3) is 11.1 Å². The topological polar surface area (TPSA) is 80.4 Å². The smallest absolute Gasteiger partial charge is 0.191 e. The molecule has 2 heterocycles. The van der Waals surface area contributed by atoms with Gasteiger partial charge in [-0.3, -0.25) is 0 Å². The van der Waals surface area contributed by atoms with Crippen LogP contribution in [0.2, 0.25) is 0 Å². The zero-order chi connectivity index (χ0) is 22.2. The molecule has 2 aliphatic heterocycles. The van der Waals surface area contributed by atoms with Gasteiger partial charge in [0.05, 0.1) is 26.4 Å². The average molecular weight is 446 g/mol. The summed E-state index contributed by atoms with van der Waals surface area (Å²) in [6, 6.07) is 15.7. The van der Waals surface area contributed by atoms with Gasteiger partial charge in [0.15, 0.2) is 26.2 Å². The van der Waals surface area contributed by atoms with E-state index in [9.17, 15) is 0 Å². The van der Waals surface area contributed by atoms with Gasteiger partial charge in [-0.2, -0.15) is 0 Å². The predicted octanol–water partition coefficient (Wildman–Crippen LogP) is 3.58. The summed E-state index contributed by atoms with van der Waals surface area (Å²) in [4.78, 5) is 0. The summed E-state index contributed by atoms with van der Waals surface area (Å²) in [6.45, 7) is 6.57. The number of ether oxygens (including phenoxy) is 8. The lowest BCUT2D eigenvalue weighted by atomic mass is 10.1. The van der Waals surface area contributed by atoms with Crippen molar-refractivity contribution in [3.63, 3.8) is 0 Å². The van der Waals surface area contributed by atoms with E-state index in [1.807, 2.05) is 62.4 Å².